The van der Waals surface area contributed by atoms with Crippen molar-refractivity contribution in [1.29, 1.82) is 0 Å². The number of fused-ring (bicyclic) bond motifs is 3. The zero-order valence-electron chi connectivity index (χ0n) is 19.8. The quantitative estimate of drug-likeness (QED) is 0.297. The largest absolute Gasteiger partial charge is 0.454 e. The second kappa shape index (κ2) is 8.39. The lowest BCUT2D eigenvalue weighted by Gasteiger charge is -2.31. The maximum absolute atomic E-state index is 13.8. The predicted octanol–water partition coefficient (Wildman–Crippen LogP) is 4.96. The van der Waals surface area contributed by atoms with Crippen LogP contribution in [0.2, 0.25) is 0 Å². The van der Waals surface area contributed by atoms with Crippen molar-refractivity contribution in [3.63, 3.8) is 0 Å². The Morgan fingerprint density at radius 1 is 1.06 bits per heavy atom. The van der Waals surface area contributed by atoms with Gasteiger partial charge in [-0.25, -0.2) is 9.97 Å². The molecule has 2 aliphatic heterocycles. The first-order chi connectivity index (χ1) is 16.9. The van der Waals surface area contributed by atoms with Gasteiger partial charge in [-0.3, -0.25) is 9.36 Å². The molecule has 0 spiro atoms. The summed E-state index contributed by atoms with van der Waals surface area (Å²) >= 11 is 1.50. The summed E-state index contributed by atoms with van der Waals surface area (Å²) in [4.78, 5) is 23.6. The number of ether oxygens (including phenoxy) is 3. The third-order valence-electron chi connectivity index (χ3n) is 6.27. The summed E-state index contributed by atoms with van der Waals surface area (Å²) in [5, 5.41) is 1.10. The summed E-state index contributed by atoms with van der Waals surface area (Å²) in [7, 11) is 0. The van der Waals surface area contributed by atoms with Crippen LogP contribution in [0.1, 0.15) is 36.2 Å². The number of nitrogens with zero attached hydrogens (tertiary/aromatic N) is 3. The van der Waals surface area contributed by atoms with Crippen molar-refractivity contribution in [3.05, 3.63) is 81.3 Å². The Bertz CT molecular complexity index is 1530. The Morgan fingerprint density at radius 3 is 2.77 bits per heavy atom. The van der Waals surface area contributed by atoms with Crippen LogP contribution in [0.4, 0.5) is 0 Å². The maximum Gasteiger partial charge on any atom is 0.268 e. The molecular weight excluding hydrogens is 462 g/mol. The van der Waals surface area contributed by atoms with E-state index in [-0.39, 0.29) is 18.0 Å². The topological polar surface area (TPSA) is 75.5 Å². The average Bonchev–Trinajstić information content (AvgIpc) is 3.29. The third kappa shape index (κ3) is 4.17. The normalized spacial score (nSPS) is 15.9. The summed E-state index contributed by atoms with van der Waals surface area (Å²) in [6.45, 7) is 6.80. The fourth-order valence-electron chi connectivity index (χ4n) is 4.45. The Hall–Kier alpha value is -3.36. The summed E-state index contributed by atoms with van der Waals surface area (Å²) in [5.41, 5.74) is 4.86. The third-order valence-corrected chi connectivity index (χ3v) is 7.28. The Labute approximate surface area is 207 Å². The molecule has 0 amide bonds. The first-order valence-electron chi connectivity index (χ1n) is 11.5. The van der Waals surface area contributed by atoms with Gasteiger partial charge in [-0.05, 0) is 62.2 Å². The molecule has 178 valence electrons. The van der Waals surface area contributed by atoms with Crippen LogP contribution in [0.15, 0.2) is 58.5 Å². The summed E-state index contributed by atoms with van der Waals surface area (Å²) < 4.78 is 18.6. The van der Waals surface area contributed by atoms with Crippen LogP contribution in [0.3, 0.4) is 0 Å². The van der Waals surface area contributed by atoms with E-state index in [9.17, 15) is 4.79 Å². The van der Waals surface area contributed by atoms with Crippen molar-refractivity contribution in [3.8, 4) is 17.2 Å². The SMILES string of the molecule is Cc1cccc(-n2c(SCc3ccc4c(c3)OCO4)nc3nc4c(cc3c2=O)COC(C)(C)C4)c1. The molecule has 0 aliphatic carbocycles. The number of rotatable bonds is 4. The fraction of sp³-hybridized carbons (Fsp3) is 0.296. The van der Waals surface area contributed by atoms with E-state index in [0.717, 1.165) is 39.6 Å². The van der Waals surface area contributed by atoms with Gasteiger partial charge in [0.1, 0.15) is 0 Å². The van der Waals surface area contributed by atoms with E-state index in [1.54, 1.807) is 4.57 Å². The second-order valence-corrected chi connectivity index (χ2v) is 10.5. The van der Waals surface area contributed by atoms with E-state index >= 15 is 0 Å². The zero-order valence-corrected chi connectivity index (χ0v) is 20.6. The van der Waals surface area contributed by atoms with E-state index in [1.165, 1.54) is 11.8 Å². The van der Waals surface area contributed by atoms with E-state index in [0.29, 0.717) is 35.0 Å². The predicted molar refractivity (Wildman–Crippen MR) is 135 cm³/mol. The molecule has 4 heterocycles. The minimum atomic E-state index is -0.291. The highest BCUT2D eigenvalue weighted by Gasteiger charge is 2.28. The summed E-state index contributed by atoms with van der Waals surface area (Å²) in [6, 6.07) is 15.7. The molecule has 35 heavy (non-hydrogen) atoms. The number of aromatic nitrogens is 3. The van der Waals surface area contributed by atoms with Crippen LogP contribution < -0.4 is 15.0 Å². The van der Waals surface area contributed by atoms with Gasteiger partial charge in [0.2, 0.25) is 6.79 Å². The van der Waals surface area contributed by atoms with Gasteiger partial charge in [-0.2, -0.15) is 0 Å². The van der Waals surface area contributed by atoms with Crippen LogP contribution in [0, 0.1) is 6.92 Å². The van der Waals surface area contributed by atoms with Crippen LogP contribution >= 0.6 is 11.8 Å². The van der Waals surface area contributed by atoms with E-state index in [1.807, 2.05) is 55.5 Å². The molecule has 4 aromatic rings. The molecule has 0 saturated heterocycles. The van der Waals surface area contributed by atoms with Crippen LogP contribution in [0.5, 0.6) is 11.5 Å². The van der Waals surface area contributed by atoms with Gasteiger partial charge in [0.15, 0.2) is 22.3 Å². The van der Waals surface area contributed by atoms with Crippen molar-refractivity contribution in [2.75, 3.05) is 6.79 Å². The first kappa shape index (κ1) is 22.1. The highest BCUT2D eigenvalue weighted by atomic mass is 32.2. The number of thioether (sulfide) groups is 1. The lowest BCUT2D eigenvalue weighted by molar-refractivity contribution is -0.0411. The second-order valence-electron chi connectivity index (χ2n) is 9.54. The van der Waals surface area contributed by atoms with E-state index in [2.05, 4.69) is 13.8 Å². The fourth-order valence-corrected chi connectivity index (χ4v) is 5.39. The van der Waals surface area contributed by atoms with E-state index < -0.39 is 0 Å². The molecule has 6 rings (SSSR count). The van der Waals surface area contributed by atoms with Gasteiger partial charge in [-0.1, -0.05) is 30.0 Å². The van der Waals surface area contributed by atoms with Crippen molar-refractivity contribution in [2.45, 2.75) is 50.3 Å². The maximum atomic E-state index is 13.8. The molecule has 0 atom stereocenters. The van der Waals surface area contributed by atoms with Gasteiger partial charge < -0.3 is 14.2 Å². The summed E-state index contributed by atoms with van der Waals surface area (Å²) in [6.07, 6.45) is 0.681. The first-order valence-corrected chi connectivity index (χ1v) is 12.5. The molecule has 0 unspecified atom stereocenters. The number of hydrogen-bond donors (Lipinski definition) is 0. The van der Waals surface area contributed by atoms with Crippen LogP contribution in [-0.2, 0) is 23.5 Å². The molecule has 2 aromatic carbocycles. The molecule has 2 aliphatic rings. The van der Waals surface area contributed by atoms with Gasteiger partial charge in [0.05, 0.1) is 29.0 Å². The van der Waals surface area contributed by atoms with Gasteiger partial charge in [-0.15, -0.1) is 0 Å². The molecule has 0 fully saturated rings. The highest BCUT2D eigenvalue weighted by Crippen LogP contribution is 2.35. The molecule has 0 radical (unpaired) electrons. The van der Waals surface area contributed by atoms with Gasteiger partial charge >= 0.3 is 0 Å². The van der Waals surface area contributed by atoms with Gasteiger partial charge in [0, 0.05) is 17.7 Å². The minimum Gasteiger partial charge on any atom is -0.454 e. The van der Waals surface area contributed by atoms with E-state index in [4.69, 9.17) is 24.2 Å². The molecule has 2 aromatic heterocycles. The zero-order chi connectivity index (χ0) is 24.2. The van der Waals surface area contributed by atoms with Crippen molar-refractivity contribution < 1.29 is 14.2 Å². The molecule has 7 nitrogen and oxygen atoms in total. The molecule has 8 heteroatoms. The highest BCUT2D eigenvalue weighted by molar-refractivity contribution is 7.98. The van der Waals surface area contributed by atoms with Crippen LogP contribution in [0.25, 0.3) is 16.7 Å². The van der Waals surface area contributed by atoms with Crippen LogP contribution in [-0.4, -0.2) is 26.9 Å². The minimum absolute atomic E-state index is 0.131. The smallest absolute Gasteiger partial charge is 0.268 e. The molecule has 0 N–H and O–H groups in total. The lowest BCUT2D eigenvalue weighted by atomic mass is 9.95. The molecular formula is C27H25N3O4S. The van der Waals surface area contributed by atoms with Gasteiger partial charge in [0.25, 0.3) is 5.56 Å². The monoisotopic (exact) mass is 487 g/mol. The van der Waals surface area contributed by atoms with Crippen molar-refractivity contribution in [1.82, 2.24) is 14.5 Å². The molecule has 0 bridgehead atoms. The average molecular weight is 488 g/mol. The number of benzene rings is 2. The Balaban J connectivity index is 1.46. The Morgan fingerprint density at radius 2 is 1.91 bits per heavy atom. The lowest BCUT2D eigenvalue weighted by Crippen LogP contribution is -2.33. The summed E-state index contributed by atoms with van der Waals surface area (Å²) in [5.74, 6) is 2.11. The van der Waals surface area contributed by atoms with Crippen molar-refractivity contribution in [2.24, 2.45) is 0 Å². The Kier molecular flexibility index (Phi) is 5.30. The number of hydrogen-bond acceptors (Lipinski definition) is 7. The molecule has 0 saturated carbocycles. The standard InChI is InChI=1S/C27H25N3O4S/c1-16-5-4-6-19(9-16)30-25(31)20-11-18-13-34-27(2,3)12-21(18)28-24(20)29-26(30)35-14-17-7-8-22-23(10-17)33-15-32-22/h4-11H,12-15H2,1-3H3. The van der Waals surface area contributed by atoms with Crippen molar-refractivity contribution >= 4 is 22.8 Å². The number of aryl methyl sites for hydroxylation is 1. The number of pyridine rings is 1.